The fourth-order valence-electron chi connectivity index (χ4n) is 8.06. The zero-order valence-corrected chi connectivity index (χ0v) is 32.5. The average Bonchev–Trinajstić information content (AvgIpc) is 3.69. The Bertz CT molecular complexity index is 3030. The summed E-state index contributed by atoms with van der Waals surface area (Å²) in [7, 11) is 0. The maximum atomic E-state index is 5.19. The number of para-hydroxylation sites is 1. The number of hydrogen-bond donors (Lipinski definition) is 0. The van der Waals surface area contributed by atoms with E-state index in [4.69, 9.17) is 4.98 Å². The van der Waals surface area contributed by atoms with Crippen LogP contribution in [0.5, 0.6) is 0 Å². The van der Waals surface area contributed by atoms with E-state index in [0.717, 1.165) is 39.2 Å². The summed E-state index contributed by atoms with van der Waals surface area (Å²) in [6.45, 7) is 5.42. The molecular weight excluding hydrogens is 701 g/mol. The first-order valence-electron chi connectivity index (χ1n) is 19.8. The predicted octanol–water partition coefficient (Wildman–Crippen LogP) is 15.4. The second-order valence-corrected chi connectivity index (χ2v) is 14.3. The fourth-order valence-corrected chi connectivity index (χ4v) is 8.06. The molecule has 10 aromatic rings. The SMILES string of the molecule is C=C/C=C\C.c1ccc(-c2c3ccccc3c(-c3ccccc3)c3cc(-c4ccc(-c5ccc6c(c5)nc(-c5ccccc5)n6-c5ccccc5)cc4)ccc23)cc1. The highest BCUT2D eigenvalue weighted by Crippen LogP contribution is 2.45. The monoisotopic (exact) mass is 742 g/mol. The Balaban J connectivity index is 0.000000823. The van der Waals surface area contributed by atoms with Crippen molar-refractivity contribution in [1.29, 1.82) is 0 Å². The van der Waals surface area contributed by atoms with Crippen molar-refractivity contribution in [3.63, 3.8) is 0 Å². The van der Waals surface area contributed by atoms with Crippen LogP contribution in [0.3, 0.4) is 0 Å². The van der Waals surface area contributed by atoms with Gasteiger partial charge in [-0.2, -0.15) is 0 Å². The molecule has 58 heavy (non-hydrogen) atoms. The number of nitrogens with zero attached hydrogens (tertiary/aromatic N) is 2. The van der Waals surface area contributed by atoms with Gasteiger partial charge in [-0.15, -0.1) is 0 Å². The smallest absolute Gasteiger partial charge is 0.145 e. The highest BCUT2D eigenvalue weighted by atomic mass is 15.1. The lowest BCUT2D eigenvalue weighted by atomic mass is 9.85. The summed E-state index contributed by atoms with van der Waals surface area (Å²) in [5.41, 5.74) is 13.9. The van der Waals surface area contributed by atoms with Crippen LogP contribution < -0.4 is 0 Å². The molecule has 2 nitrogen and oxygen atoms in total. The fraction of sp³-hybridized carbons (Fsp3) is 0.0179. The van der Waals surface area contributed by atoms with Gasteiger partial charge in [0.2, 0.25) is 0 Å². The summed E-state index contributed by atoms with van der Waals surface area (Å²) >= 11 is 0. The van der Waals surface area contributed by atoms with Crippen LogP contribution in [-0.2, 0) is 0 Å². The van der Waals surface area contributed by atoms with Crippen LogP contribution >= 0.6 is 0 Å². The normalized spacial score (nSPS) is 11.2. The molecule has 0 aliphatic heterocycles. The molecule has 0 spiro atoms. The van der Waals surface area contributed by atoms with Gasteiger partial charge in [-0.3, -0.25) is 4.57 Å². The quantitative estimate of drug-likeness (QED) is 0.117. The Morgan fingerprint density at radius 1 is 0.414 bits per heavy atom. The Hall–Kier alpha value is -7.55. The molecule has 0 N–H and O–H groups in total. The van der Waals surface area contributed by atoms with Crippen molar-refractivity contribution in [1.82, 2.24) is 9.55 Å². The summed E-state index contributed by atoms with van der Waals surface area (Å²) in [5, 5.41) is 5.04. The van der Waals surface area contributed by atoms with Crippen molar-refractivity contribution in [3.05, 3.63) is 231 Å². The molecule has 1 aromatic heterocycles. The lowest BCUT2D eigenvalue weighted by Crippen LogP contribution is -1.97. The van der Waals surface area contributed by atoms with E-state index in [1.165, 1.54) is 54.9 Å². The van der Waals surface area contributed by atoms with Gasteiger partial charge in [-0.1, -0.05) is 201 Å². The molecular formula is C56H42N2. The molecule has 0 saturated heterocycles. The molecule has 1 heterocycles. The van der Waals surface area contributed by atoms with Crippen LogP contribution in [-0.4, -0.2) is 9.55 Å². The van der Waals surface area contributed by atoms with Gasteiger partial charge in [0.15, 0.2) is 0 Å². The van der Waals surface area contributed by atoms with E-state index in [0.29, 0.717) is 0 Å². The van der Waals surface area contributed by atoms with Gasteiger partial charge in [-0.05, 0) is 103 Å². The first-order valence-corrected chi connectivity index (χ1v) is 19.8. The van der Waals surface area contributed by atoms with Gasteiger partial charge in [0.05, 0.1) is 11.0 Å². The summed E-state index contributed by atoms with van der Waals surface area (Å²) in [6, 6.07) is 74.0. The molecule has 0 saturated carbocycles. The number of aromatic nitrogens is 2. The molecule has 0 atom stereocenters. The maximum absolute atomic E-state index is 5.19. The summed E-state index contributed by atoms with van der Waals surface area (Å²) < 4.78 is 2.26. The molecule has 0 bridgehead atoms. The van der Waals surface area contributed by atoms with Crippen LogP contribution in [0.4, 0.5) is 0 Å². The van der Waals surface area contributed by atoms with Gasteiger partial charge < -0.3 is 0 Å². The number of fused-ring (bicyclic) bond motifs is 3. The standard InChI is InChI=1S/C51H34N2.C5H8/c1-5-15-37(16-6-1)49-43-23-13-14-24-44(43)50(38-17-7-2-8-18-38)46-33-40(29-31-45(46)49)35-25-27-36(28-26-35)41-30-32-48-47(34-41)52-51(39-19-9-3-10-20-39)53(48)42-21-11-4-12-22-42;1-3-5-4-2/h1-34H;3-5H,1H2,2H3/b;5-4-. The van der Waals surface area contributed by atoms with E-state index >= 15 is 0 Å². The molecule has 9 aromatic carbocycles. The molecule has 2 heteroatoms. The van der Waals surface area contributed by atoms with Crippen molar-refractivity contribution >= 4 is 32.6 Å². The Labute approximate surface area is 340 Å². The van der Waals surface area contributed by atoms with Crippen LogP contribution in [0.2, 0.25) is 0 Å². The van der Waals surface area contributed by atoms with E-state index in [2.05, 4.69) is 211 Å². The molecule has 10 rings (SSSR count). The third-order valence-corrected chi connectivity index (χ3v) is 10.7. The van der Waals surface area contributed by atoms with Gasteiger partial charge >= 0.3 is 0 Å². The van der Waals surface area contributed by atoms with Crippen molar-refractivity contribution < 1.29 is 0 Å². The minimum absolute atomic E-state index is 0.939. The third kappa shape index (κ3) is 6.93. The number of rotatable bonds is 7. The lowest BCUT2D eigenvalue weighted by Gasteiger charge is -2.18. The highest BCUT2D eigenvalue weighted by Gasteiger charge is 2.18. The van der Waals surface area contributed by atoms with Crippen molar-refractivity contribution in [2.75, 3.05) is 0 Å². The maximum Gasteiger partial charge on any atom is 0.145 e. The molecule has 276 valence electrons. The van der Waals surface area contributed by atoms with E-state index in [1.807, 2.05) is 25.1 Å². The molecule has 0 radical (unpaired) electrons. The Kier molecular flexibility index (Phi) is 10.1. The number of allylic oxidation sites excluding steroid dienone is 3. The van der Waals surface area contributed by atoms with Crippen molar-refractivity contribution in [2.24, 2.45) is 0 Å². The zero-order chi connectivity index (χ0) is 39.3. The van der Waals surface area contributed by atoms with Gasteiger partial charge in [0, 0.05) is 11.3 Å². The molecule has 0 amide bonds. The van der Waals surface area contributed by atoms with E-state index in [9.17, 15) is 0 Å². The summed E-state index contributed by atoms with van der Waals surface area (Å²) in [4.78, 5) is 5.19. The predicted molar refractivity (Wildman–Crippen MR) is 248 cm³/mol. The first kappa shape index (κ1) is 36.1. The largest absolute Gasteiger partial charge is 0.292 e. The lowest BCUT2D eigenvalue weighted by molar-refractivity contribution is 1.10. The van der Waals surface area contributed by atoms with Crippen LogP contribution in [0, 0.1) is 0 Å². The minimum Gasteiger partial charge on any atom is -0.292 e. The van der Waals surface area contributed by atoms with E-state index in [1.54, 1.807) is 6.08 Å². The van der Waals surface area contributed by atoms with Gasteiger partial charge in [-0.25, -0.2) is 4.98 Å². The first-order chi connectivity index (χ1) is 28.7. The second kappa shape index (κ2) is 16.3. The zero-order valence-electron chi connectivity index (χ0n) is 32.5. The van der Waals surface area contributed by atoms with Crippen molar-refractivity contribution in [3.8, 4) is 61.6 Å². The molecule has 0 aliphatic rings. The third-order valence-electron chi connectivity index (χ3n) is 10.7. The molecule has 0 unspecified atom stereocenters. The average molecular weight is 743 g/mol. The Morgan fingerprint density at radius 3 is 1.40 bits per heavy atom. The molecule has 0 fully saturated rings. The van der Waals surface area contributed by atoms with Gasteiger partial charge in [0.25, 0.3) is 0 Å². The van der Waals surface area contributed by atoms with Crippen LogP contribution in [0.1, 0.15) is 6.92 Å². The highest BCUT2D eigenvalue weighted by molar-refractivity contribution is 6.22. The number of hydrogen-bond acceptors (Lipinski definition) is 1. The molecule has 0 aliphatic carbocycles. The van der Waals surface area contributed by atoms with Crippen LogP contribution in [0.25, 0.3) is 94.2 Å². The second-order valence-electron chi connectivity index (χ2n) is 14.3. The van der Waals surface area contributed by atoms with Gasteiger partial charge in [0.1, 0.15) is 5.82 Å². The number of imidazole rings is 1. The van der Waals surface area contributed by atoms with Crippen LogP contribution in [0.15, 0.2) is 231 Å². The summed E-state index contributed by atoms with van der Waals surface area (Å²) in [6.07, 6.45) is 5.58. The van der Waals surface area contributed by atoms with E-state index < -0.39 is 0 Å². The summed E-state index contributed by atoms with van der Waals surface area (Å²) in [5.74, 6) is 0.939. The Morgan fingerprint density at radius 2 is 0.862 bits per heavy atom. The number of benzene rings is 9. The minimum atomic E-state index is 0.939. The van der Waals surface area contributed by atoms with E-state index in [-0.39, 0.29) is 0 Å². The topological polar surface area (TPSA) is 17.8 Å². The van der Waals surface area contributed by atoms with Crippen molar-refractivity contribution in [2.45, 2.75) is 6.92 Å².